The molecule has 0 aliphatic carbocycles. The lowest BCUT2D eigenvalue weighted by molar-refractivity contribution is 0.285. The summed E-state index contributed by atoms with van der Waals surface area (Å²) in [7, 11) is 2.07. The second kappa shape index (κ2) is 5.80. The predicted molar refractivity (Wildman–Crippen MR) is 70.7 cm³/mol. The molecule has 0 aliphatic rings. The highest BCUT2D eigenvalue weighted by Crippen LogP contribution is 2.16. The molecule has 4 heteroatoms. The van der Waals surface area contributed by atoms with E-state index in [0.717, 1.165) is 30.2 Å². The zero-order valence-corrected chi connectivity index (χ0v) is 10.9. The largest absolute Gasteiger partial charge is 0.465 e. The van der Waals surface area contributed by atoms with E-state index in [4.69, 9.17) is 10.2 Å². The van der Waals surface area contributed by atoms with Crippen molar-refractivity contribution in [3.8, 4) is 0 Å². The van der Waals surface area contributed by atoms with Crippen LogP contribution in [0.5, 0.6) is 0 Å². The first kappa shape index (κ1) is 12.8. The second-order valence-electron chi connectivity index (χ2n) is 4.53. The lowest BCUT2D eigenvalue weighted by Gasteiger charge is -2.14. The average Bonchev–Trinajstić information content (AvgIpc) is 2.70. The Morgan fingerprint density at radius 1 is 1.28 bits per heavy atom. The fourth-order valence-corrected chi connectivity index (χ4v) is 1.99. The van der Waals surface area contributed by atoms with Gasteiger partial charge in [0.15, 0.2) is 0 Å². The third-order valence-electron chi connectivity index (χ3n) is 2.92. The lowest BCUT2D eigenvalue weighted by Crippen LogP contribution is -2.16. The molecule has 0 aromatic carbocycles. The van der Waals surface area contributed by atoms with Crippen molar-refractivity contribution in [2.45, 2.75) is 26.6 Å². The van der Waals surface area contributed by atoms with Gasteiger partial charge in [0.25, 0.3) is 0 Å². The maximum atomic E-state index is 5.68. The van der Waals surface area contributed by atoms with Crippen molar-refractivity contribution in [2.75, 3.05) is 7.05 Å². The summed E-state index contributed by atoms with van der Waals surface area (Å²) in [6.07, 6.45) is 3.62. The zero-order valence-electron chi connectivity index (χ0n) is 10.9. The normalized spacial score (nSPS) is 11.1. The van der Waals surface area contributed by atoms with E-state index in [2.05, 4.69) is 16.9 Å². The van der Waals surface area contributed by atoms with E-state index in [-0.39, 0.29) is 0 Å². The van der Waals surface area contributed by atoms with Crippen molar-refractivity contribution < 1.29 is 4.42 Å². The summed E-state index contributed by atoms with van der Waals surface area (Å²) in [6.45, 7) is 4.14. The minimum atomic E-state index is 0.531. The van der Waals surface area contributed by atoms with Gasteiger partial charge in [0.1, 0.15) is 11.5 Å². The molecule has 2 heterocycles. The van der Waals surface area contributed by atoms with Gasteiger partial charge < -0.3 is 10.2 Å². The molecule has 2 aromatic heterocycles. The number of pyridine rings is 1. The maximum absolute atomic E-state index is 5.68. The Bertz CT molecular complexity index is 493. The standard InChI is InChI=1S/C14H19N3O/c1-11-13(8-15)7-14(18-11)10-17(2)9-12-3-5-16-6-4-12/h3-7H,8-10,15H2,1-2H3. The number of hydrogen-bond donors (Lipinski definition) is 1. The van der Waals surface area contributed by atoms with Crippen LogP contribution in [0.1, 0.15) is 22.6 Å². The summed E-state index contributed by atoms with van der Waals surface area (Å²) in [5.41, 5.74) is 7.97. The Balaban J connectivity index is 1.96. The molecule has 0 radical (unpaired) electrons. The highest BCUT2D eigenvalue weighted by Gasteiger charge is 2.08. The van der Waals surface area contributed by atoms with Gasteiger partial charge in [0.05, 0.1) is 6.54 Å². The van der Waals surface area contributed by atoms with Crippen LogP contribution in [0.15, 0.2) is 35.0 Å². The topological polar surface area (TPSA) is 55.3 Å². The Morgan fingerprint density at radius 3 is 2.61 bits per heavy atom. The maximum Gasteiger partial charge on any atom is 0.118 e. The number of aromatic nitrogens is 1. The molecule has 0 amide bonds. The molecule has 18 heavy (non-hydrogen) atoms. The molecule has 0 bridgehead atoms. The SMILES string of the molecule is Cc1oc(CN(C)Cc2ccncc2)cc1CN. The zero-order chi connectivity index (χ0) is 13.0. The van der Waals surface area contributed by atoms with E-state index in [0.29, 0.717) is 6.54 Å². The van der Waals surface area contributed by atoms with Crippen molar-refractivity contribution >= 4 is 0 Å². The van der Waals surface area contributed by atoms with Gasteiger partial charge in [-0.2, -0.15) is 0 Å². The minimum Gasteiger partial charge on any atom is -0.465 e. The van der Waals surface area contributed by atoms with E-state index in [1.165, 1.54) is 5.56 Å². The highest BCUT2D eigenvalue weighted by molar-refractivity contribution is 5.20. The summed E-state index contributed by atoms with van der Waals surface area (Å²) in [5, 5.41) is 0. The minimum absolute atomic E-state index is 0.531. The molecule has 96 valence electrons. The quantitative estimate of drug-likeness (QED) is 0.876. The molecule has 2 N–H and O–H groups in total. The van der Waals surface area contributed by atoms with Crippen LogP contribution in [0.3, 0.4) is 0 Å². The molecule has 0 unspecified atom stereocenters. The Kier molecular flexibility index (Phi) is 4.12. The van der Waals surface area contributed by atoms with Crippen LogP contribution in [0.2, 0.25) is 0 Å². The van der Waals surface area contributed by atoms with Crippen molar-refractivity contribution in [3.63, 3.8) is 0 Å². The Labute approximate surface area is 107 Å². The molecular weight excluding hydrogens is 226 g/mol. The highest BCUT2D eigenvalue weighted by atomic mass is 16.3. The van der Waals surface area contributed by atoms with Crippen LogP contribution < -0.4 is 5.73 Å². The summed E-state index contributed by atoms with van der Waals surface area (Å²) in [6, 6.07) is 6.09. The number of nitrogens with two attached hydrogens (primary N) is 1. The second-order valence-corrected chi connectivity index (χ2v) is 4.53. The van der Waals surface area contributed by atoms with Crippen LogP contribution in [0.4, 0.5) is 0 Å². The van der Waals surface area contributed by atoms with E-state index < -0.39 is 0 Å². The molecule has 0 saturated carbocycles. The van der Waals surface area contributed by atoms with Crippen LogP contribution >= 0.6 is 0 Å². The molecule has 0 saturated heterocycles. The van der Waals surface area contributed by atoms with Crippen molar-refractivity contribution in [1.82, 2.24) is 9.88 Å². The van der Waals surface area contributed by atoms with Gasteiger partial charge in [0, 0.05) is 31.0 Å². The van der Waals surface area contributed by atoms with E-state index in [9.17, 15) is 0 Å². The van der Waals surface area contributed by atoms with Gasteiger partial charge in [-0.15, -0.1) is 0 Å². The van der Waals surface area contributed by atoms with Crippen LogP contribution in [0.25, 0.3) is 0 Å². The molecule has 0 spiro atoms. The number of furan rings is 1. The molecular formula is C14H19N3O. The van der Waals surface area contributed by atoms with E-state index >= 15 is 0 Å². The summed E-state index contributed by atoms with van der Waals surface area (Å²) in [5.74, 6) is 1.88. The first-order chi connectivity index (χ1) is 8.69. The van der Waals surface area contributed by atoms with Gasteiger partial charge in [-0.25, -0.2) is 0 Å². The molecule has 4 nitrogen and oxygen atoms in total. The van der Waals surface area contributed by atoms with Crippen LogP contribution in [-0.4, -0.2) is 16.9 Å². The van der Waals surface area contributed by atoms with Crippen molar-refractivity contribution in [1.29, 1.82) is 0 Å². The average molecular weight is 245 g/mol. The van der Waals surface area contributed by atoms with Crippen LogP contribution in [0, 0.1) is 6.92 Å². The Morgan fingerprint density at radius 2 is 2.00 bits per heavy atom. The van der Waals surface area contributed by atoms with Gasteiger partial charge in [0.2, 0.25) is 0 Å². The van der Waals surface area contributed by atoms with Crippen molar-refractivity contribution in [2.24, 2.45) is 5.73 Å². The molecule has 0 atom stereocenters. The third-order valence-corrected chi connectivity index (χ3v) is 2.92. The van der Waals surface area contributed by atoms with Crippen LogP contribution in [-0.2, 0) is 19.6 Å². The van der Waals surface area contributed by atoms with Gasteiger partial charge >= 0.3 is 0 Å². The third kappa shape index (κ3) is 3.18. The summed E-state index contributed by atoms with van der Waals surface area (Å²) < 4.78 is 5.68. The summed E-state index contributed by atoms with van der Waals surface area (Å²) in [4.78, 5) is 6.21. The number of hydrogen-bond acceptors (Lipinski definition) is 4. The smallest absolute Gasteiger partial charge is 0.118 e. The Hall–Kier alpha value is -1.65. The molecule has 0 aliphatic heterocycles. The summed E-state index contributed by atoms with van der Waals surface area (Å²) >= 11 is 0. The first-order valence-corrected chi connectivity index (χ1v) is 6.04. The van der Waals surface area contributed by atoms with Gasteiger partial charge in [-0.05, 0) is 37.7 Å². The van der Waals surface area contributed by atoms with Crippen molar-refractivity contribution in [3.05, 3.63) is 53.2 Å². The number of aryl methyl sites for hydroxylation is 1. The molecule has 2 rings (SSSR count). The lowest BCUT2D eigenvalue weighted by atomic mass is 10.2. The first-order valence-electron chi connectivity index (χ1n) is 6.04. The fourth-order valence-electron chi connectivity index (χ4n) is 1.99. The number of rotatable bonds is 5. The molecule has 2 aromatic rings. The monoisotopic (exact) mass is 245 g/mol. The van der Waals surface area contributed by atoms with Gasteiger partial charge in [-0.3, -0.25) is 9.88 Å². The van der Waals surface area contributed by atoms with E-state index in [1.807, 2.05) is 37.5 Å². The van der Waals surface area contributed by atoms with Gasteiger partial charge in [-0.1, -0.05) is 0 Å². The number of nitrogens with zero attached hydrogens (tertiary/aromatic N) is 2. The van der Waals surface area contributed by atoms with E-state index in [1.54, 1.807) is 0 Å². The fraction of sp³-hybridized carbons (Fsp3) is 0.357. The molecule has 0 fully saturated rings. The predicted octanol–water partition coefficient (Wildman–Crippen LogP) is 2.07.